The average Bonchev–Trinajstić information content (AvgIpc) is 3.15. The molecular formula is C28H24Br2N2O4S. The van der Waals surface area contributed by atoms with Crippen molar-refractivity contribution in [3.8, 4) is 5.75 Å². The Morgan fingerprint density at radius 3 is 2.38 bits per heavy atom. The van der Waals surface area contributed by atoms with Crippen molar-refractivity contribution in [2.45, 2.75) is 25.9 Å². The number of benzene rings is 3. The number of ether oxygens (including phenoxy) is 1. The van der Waals surface area contributed by atoms with Crippen LogP contribution in [0.15, 0.2) is 68.4 Å². The number of carbonyl (C=O) groups excluding carboxylic acids is 3. The summed E-state index contributed by atoms with van der Waals surface area (Å²) in [7, 11) is 0. The Morgan fingerprint density at radius 1 is 0.946 bits per heavy atom. The summed E-state index contributed by atoms with van der Waals surface area (Å²) in [6.45, 7) is 1.55. The molecule has 9 heteroatoms. The summed E-state index contributed by atoms with van der Waals surface area (Å²) in [6.07, 6.45) is 4.68. The van der Waals surface area contributed by atoms with Crippen molar-refractivity contribution in [1.82, 2.24) is 9.80 Å². The van der Waals surface area contributed by atoms with Crippen molar-refractivity contribution in [2.24, 2.45) is 0 Å². The van der Waals surface area contributed by atoms with Gasteiger partial charge in [0.05, 0.1) is 13.9 Å². The van der Waals surface area contributed by atoms with Crippen LogP contribution >= 0.6 is 43.6 Å². The highest BCUT2D eigenvalue weighted by Gasteiger charge is 2.37. The van der Waals surface area contributed by atoms with Crippen LogP contribution in [0.2, 0.25) is 0 Å². The molecule has 6 nitrogen and oxygen atoms in total. The summed E-state index contributed by atoms with van der Waals surface area (Å²) in [6, 6.07) is 18.1. The van der Waals surface area contributed by atoms with Gasteiger partial charge in [0.2, 0.25) is 5.91 Å². The average molecular weight is 644 g/mol. The summed E-state index contributed by atoms with van der Waals surface area (Å²) >= 11 is 8.00. The van der Waals surface area contributed by atoms with E-state index in [9.17, 15) is 14.4 Å². The summed E-state index contributed by atoms with van der Waals surface area (Å²) in [4.78, 5) is 41.1. The molecule has 0 atom stereocenters. The predicted molar refractivity (Wildman–Crippen MR) is 153 cm³/mol. The minimum absolute atomic E-state index is 0.179. The number of hydrogen-bond donors (Lipinski definition) is 0. The van der Waals surface area contributed by atoms with Gasteiger partial charge in [0, 0.05) is 13.1 Å². The van der Waals surface area contributed by atoms with Gasteiger partial charge in [-0.1, -0.05) is 36.4 Å². The van der Waals surface area contributed by atoms with E-state index >= 15 is 0 Å². The maximum atomic E-state index is 12.9. The maximum absolute atomic E-state index is 12.9. The third-order valence-electron chi connectivity index (χ3n) is 6.39. The third kappa shape index (κ3) is 5.94. The summed E-state index contributed by atoms with van der Waals surface area (Å²) in [5.41, 5.74) is 1.78. The standard InChI is InChI=1S/C28H24Br2N2O4S/c29-22-13-19(14-23(30)26(22)36-17-18-8-9-20-6-2-3-7-21(20)12-18)15-24-27(34)32(28(35)37-24)16-25(33)31-10-4-1-5-11-31/h2-3,6-9,12-15H,1,4-5,10-11,16-17H2/b24-15-. The first-order valence-electron chi connectivity index (χ1n) is 12.0. The molecule has 2 aliphatic rings. The minimum Gasteiger partial charge on any atom is -0.487 e. The third-order valence-corrected chi connectivity index (χ3v) is 8.48. The molecule has 5 rings (SSSR count). The van der Waals surface area contributed by atoms with Gasteiger partial charge >= 0.3 is 0 Å². The molecule has 0 unspecified atom stereocenters. The van der Waals surface area contributed by atoms with Crippen LogP contribution in [0.3, 0.4) is 0 Å². The van der Waals surface area contributed by atoms with Crippen LogP contribution in [0.5, 0.6) is 5.75 Å². The Balaban J connectivity index is 1.27. The lowest BCUT2D eigenvalue weighted by Gasteiger charge is -2.27. The quantitative estimate of drug-likeness (QED) is 0.271. The van der Waals surface area contributed by atoms with Crippen molar-refractivity contribution >= 4 is 77.5 Å². The normalized spacial score (nSPS) is 17.2. The predicted octanol–water partition coefficient (Wildman–Crippen LogP) is 6.99. The van der Waals surface area contributed by atoms with Crippen LogP contribution in [0.1, 0.15) is 30.4 Å². The van der Waals surface area contributed by atoms with E-state index in [-0.39, 0.29) is 12.5 Å². The second kappa shape index (κ2) is 11.4. The Hall–Kier alpha value is -2.62. The van der Waals surface area contributed by atoms with Gasteiger partial charge in [-0.15, -0.1) is 0 Å². The number of thioether (sulfide) groups is 1. The fraction of sp³-hybridized carbons (Fsp3) is 0.250. The van der Waals surface area contributed by atoms with E-state index in [1.54, 1.807) is 11.0 Å². The molecule has 0 bridgehead atoms. The molecule has 0 N–H and O–H groups in total. The number of halogens is 2. The molecule has 3 aromatic rings. The number of likely N-dealkylation sites (tertiary alicyclic amines) is 1. The van der Waals surface area contributed by atoms with Gasteiger partial charge in [-0.3, -0.25) is 19.3 Å². The molecule has 2 aliphatic heterocycles. The largest absolute Gasteiger partial charge is 0.487 e. The minimum atomic E-state index is -0.441. The molecule has 3 amide bonds. The molecule has 2 saturated heterocycles. The van der Waals surface area contributed by atoms with E-state index in [1.165, 1.54) is 5.39 Å². The van der Waals surface area contributed by atoms with E-state index in [4.69, 9.17) is 4.74 Å². The Labute approximate surface area is 236 Å². The number of fused-ring (bicyclic) bond motifs is 1. The van der Waals surface area contributed by atoms with Crippen LogP contribution in [0, 0.1) is 0 Å². The van der Waals surface area contributed by atoms with Crippen LogP contribution in [-0.4, -0.2) is 46.5 Å². The van der Waals surface area contributed by atoms with Crippen molar-refractivity contribution in [3.63, 3.8) is 0 Å². The Morgan fingerprint density at radius 2 is 1.65 bits per heavy atom. The molecule has 37 heavy (non-hydrogen) atoms. The first kappa shape index (κ1) is 26.0. The smallest absolute Gasteiger partial charge is 0.294 e. The number of nitrogens with zero attached hydrogens (tertiary/aromatic N) is 2. The van der Waals surface area contributed by atoms with Crippen molar-refractivity contribution < 1.29 is 19.1 Å². The van der Waals surface area contributed by atoms with Crippen LogP contribution in [0.4, 0.5) is 4.79 Å². The summed E-state index contributed by atoms with van der Waals surface area (Å²) in [5.74, 6) is 0.0245. The highest BCUT2D eigenvalue weighted by Crippen LogP contribution is 2.38. The first-order valence-corrected chi connectivity index (χ1v) is 14.4. The molecule has 0 aliphatic carbocycles. The second-order valence-electron chi connectivity index (χ2n) is 8.99. The molecule has 2 fully saturated rings. The van der Waals surface area contributed by atoms with E-state index in [1.807, 2.05) is 30.3 Å². The number of imide groups is 1. The number of rotatable bonds is 6. The zero-order chi connectivity index (χ0) is 25.9. The number of carbonyl (C=O) groups is 3. The lowest BCUT2D eigenvalue weighted by molar-refractivity contribution is -0.136. The lowest BCUT2D eigenvalue weighted by atomic mass is 10.1. The van der Waals surface area contributed by atoms with E-state index < -0.39 is 11.1 Å². The van der Waals surface area contributed by atoms with Crippen LogP contribution in [-0.2, 0) is 16.2 Å². The topological polar surface area (TPSA) is 66.9 Å². The molecule has 0 spiro atoms. The van der Waals surface area contributed by atoms with Crippen molar-refractivity contribution in [1.29, 1.82) is 0 Å². The highest BCUT2D eigenvalue weighted by molar-refractivity contribution is 9.11. The van der Waals surface area contributed by atoms with Gasteiger partial charge in [0.1, 0.15) is 18.9 Å². The van der Waals surface area contributed by atoms with Gasteiger partial charge < -0.3 is 9.64 Å². The fourth-order valence-corrected chi connectivity index (χ4v) is 6.74. The highest BCUT2D eigenvalue weighted by atomic mass is 79.9. The number of piperidine rings is 1. The second-order valence-corrected chi connectivity index (χ2v) is 11.7. The van der Waals surface area contributed by atoms with Crippen LogP contribution in [0.25, 0.3) is 16.8 Å². The van der Waals surface area contributed by atoms with Crippen LogP contribution < -0.4 is 4.74 Å². The van der Waals surface area contributed by atoms with E-state index in [0.717, 1.165) is 52.4 Å². The molecule has 0 saturated carbocycles. The Bertz CT molecular complexity index is 1400. The van der Waals surface area contributed by atoms with Gasteiger partial charge in [0.25, 0.3) is 11.1 Å². The zero-order valence-corrected chi connectivity index (χ0v) is 23.9. The molecule has 2 heterocycles. The van der Waals surface area contributed by atoms with Gasteiger partial charge in [0.15, 0.2) is 0 Å². The van der Waals surface area contributed by atoms with Gasteiger partial charge in [-0.2, -0.15) is 0 Å². The lowest BCUT2D eigenvalue weighted by Crippen LogP contribution is -2.44. The maximum Gasteiger partial charge on any atom is 0.294 e. The monoisotopic (exact) mass is 642 g/mol. The zero-order valence-electron chi connectivity index (χ0n) is 19.9. The van der Waals surface area contributed by atoms with Crippen molar-refractivity contribution in [3.05, 3.63) is 79.6 Å². The number of amides is 3. The molecule has 190 valence electrons. The Kier molecular flexibility index (Phi) is 8.02. The first-order chi connectivity index (χ1) is 17.9. The van der Waals surface area contributed by atoms with Gasteiger partial charge in [-0.05, 0) is 109 Å². The molecule has 3 aromatic carbocycles. The molecule has 0 radical (unpaired) electrons. The molecule has 0 aromatic heterocycles. The van der Waals surface area contributed by atoms with Crippen molar-refractivity contribution in [2.75, 3.05) is 19.6 Å². The summed E-state index contributed by atoms with van der Waals surface area (Å²) < 4.78 is 7.53. The van der Waals surface area contributed by atoms with E-state index in [0.29, 0.717) is 39.3 Å². The molecular weight excluding hydrogens is 620 g/mol. The SMILES string of the molecule is O=C(CN1C(=O)S/C(=C\c2cc(Br)c(OCc3ccc4ccccc4c3)c(Br)c2)C1=O)N1CCCCC1. The van der Waals surface area contributed by atoms with Gasteiger partial charge in [-0.25, -0.2) is 0 Å². The summed E-state index contributed by atoms with van der Waals surface area (Å²) in [5, 5.41) is 1.91. The number of hydrogen-bond acceptors (Lipinski definition) is 5. The fourth-order valence-electron chi connectivity index (χ4n) is 4.45. The van der Waals surface area contributed by atoms with E-state index in [2.05, 4.69) is 56.1 Å².